The Labute approximate surface area is 141 Å². The summed E-state index contributed by atoms with van der Waals surface area (Å²) in [7, 11) is 1.62. The lowest BCUT2D eigenvalue weighted by atomic mass is 10.0. The zero-order valence-corrected chi connectivity index (χ0v) is 13.6. The third-order valence-electron chi connectivity index (χ3n) is 3.90. The molecule has 0 saturated heterocycles. The van der Waals surface area contributed by atoms with Gasteiger partial charge in [0.25, 0.3) is 0 Å². The second-order valence-corrected chi connectivity index (χ2v) is 5.63. The van der Waals surface area contributed by atoms with Gasteiger partial charge in [-0.25, -0.2) is 4.79 Å². The summed E-state index contributed by atoms with van der Waals surface area (Å²) in [6, 6.07) is 11.3. The van der Waals surface area contributed by atoms with E-state index in [1.54, 1.807) is 13.3 Å². The average Bonchev–Trinajstić information content (AvgIpc) is 2.62. The molecule has 24 heavy (non-hydrogen) atoms. The van der Waals surface area contributed by atoms with Crippen LogP contribution in [0.5, 0.6) is 11.5 Å². The Balaban J connectivity index is 1.47. The Morgan fingerprint density at radius 2 is 2.25 bits per heavy atom. The fourth-order valence-corrected chi connectivity index (χ4v) is 2.73. The van der Waals surface area contributed by atoms with Crippen LogP contribution in [0.25, 0.3) is 0 Å². The van der Waals surface area contributed by atoms with E-state index >= 15 is 0 Å². The summed E-state index contributed by atoms with van der Waals surface area (Å²) >= 11 is 0. The Hall–Kier alpha value is -2.76. The van der Waals surface area contributed by atoms with Crippen LogP contribution in [0.3, 0.4) is 0 Å². The van der Waals surface area contributed by atoms with Gasteiger partial charge in [-0.15, -0.1) is 0 Å². The Kier molecular flexibility index (Phi) is 5.15. The molecule has 6 heteroatoms. The fourth-order valence-electron chi connectivity index (χ4n) is 2.73. The van der Waals surface area contributed by atoms with Gasteiger partial charge in [-0.3, -0.25) is 4.98 Å². The number of ether oxygens (including phenoxy) is 2. The lowest BCUT2D eigenvalue weighted by Gasteiger charge is -2.27. The fraction of sp³-hybridized carbons (Fsp3) is 0.333. The van der Waals surface area contributed by atoms with Crippen molar-refractivity contribution >= 4 is 6.03 Å². The van der Waals surface area contributed by atoms with Crippen molar-refractivity contribution in [3.8, 4) is 11.5 Å². The molecular formula is C18H21N3O3. The van der Waals surface area contributed by atoms with E-state index in [-0.39, 0.29) is 12.1 Å². The summed E-state index contributed by atoms with van der Waals surface area (Å²) in [4.78, 5) is 16.2. The van der Waals surface area contributed by atoms with Crippen molar-refractivity contribution in [2.45, 2.75) is 18.9 Å². The predicted molar refractivity (Wildman–Crippen MR) is 90.5 cm³/mol. The van der Waals surface area contributed by atoms with Crippen LogP contribution < -0.4 is 20.1 Å². The summed E-state index contributed by atoms with van der Waals surface area (Å²) in [5, 5.41) is 5.80. The second kappa shape index (κ2) is 7.68. The maximum absolute atomic E-state index is 12.0. The van der Waals surface area contributed by atoms with Gasteiger partial charge < -0.3 is 20.1 Å². The van der Waals surface area contributed by atoms with E-state index in [2.05, 4.69) is 15.6 Å². The summed E-state index contributed by atoms with van der Waals surface area (Å²) in [5.41, 5.74) is 2.00. The Bertz CT molecular complexity index is 691. The van der Waals surface area contributed by atoms with Crippen molar-refractivity contribution in [3.05, 3.63) is 53.9 Å². The molecule has 1 atom stereocenters. The molecule has 126 valence electrons. The zero-order valence-electron chi connectivity index (χ0n) is 13.6. The average molecular weight is 327 g/mol. The molecule has 0 spiro atoms. The maximum Gasteiger partial charge on any atom is 0.315 e. The van der Waals surface area contributed by atoms with Gasteiger partial charge in [0.1, 0.15) is 6.61 Å². The van der Waals surface area contributed by atoms with Crippen molar-refractivity contribution in [3.63, 3.8) is 0 Å². The molecule has 1 aliphatic rings. The highest BCUT2D eigenvalue weighted by atomic mass is 16.5. The number of pyridine rings is 1. The van der Waals surface area contributed by atoms with Crippen LogP contribution in [0, 0.1) is 0 Å². The summed E-state index contributed by atoms with van der Waals surface area (Å²) in [5.74, 6) is 1.50. The summed E-state index contributed by atoms with van der Waals surface area (Å²) in [6.07, 6.45) is 3.18. The summed E-state index contributed by atoms with van der Waals surface area (Å²) in [6.45, 7) is 0.974. The van der Waals surface area contributed by atoms with Crippen LogP contribution >= 0.6 is 0 Å². The molecule has 1 aliphatic heterocycles. The number of carbonyl (C=O) groups excluding carboxylic acids is 1. The number of carbonyl (C=O) groups is 1. The first kappa shape index (κ1) is 16.1. The molecule has 3 rings (SSSR count). The van der Waals surface area contributed by atoms with Gasteiger partial charge in [0.2, 0.25) is 0 Å². The molecule has 0 radical (unpaired) electrons. The number of para-hydroxylation sites is 1. The van der Waals surface area contributed by atoms with Gasteiger partial charge in [-0.1, -0.05) is 18.2 Å². The van der Waals surface area contributed by atoms with Gasteiger partial charge in [-0.05, 0) is 24.6 Å². The van der Waals surface area contributed by atoms with Gasteiger partial charge in [0, 0.05) is 30.4 Å². The first-order valence-corrected chi connectivity index (χ1v) is 7.99. The number of benzene rings is 1. The lowest BCUT2D eigenvalue weighted by Crippen LogP contribution is -2.47. The lowest BCUT2D eigenvalue weighted by molar-refractivity contribution is 0.210. The van der Waals surface area contributed by atoms with E-state index < -0.39 is 0 Å². The first-order chi connectivity index (χ1) is 11.8. The van der Waals surface area contributed by atoms with Crippen molar-refractivity contribution in [2.75, 3.05) is 20.3 Å². The molecule has 0 fully saturated rings. The number of methoxy groups -OCH3 is 1. The smallest absolute Gasteiger partial charge is 0.315 e. The quantitative estimate of drug-likeness (QED) is 0.880. The van der Waals surface area contributed by atoms with E-state index in [4.69, 9.17) is 9.47 Å². The van der Waals surface area contributed by atoms with E-state index in [1.807, 2.05) is 36.4 Å². The Morgan fingerprint density at radius 1 is 1.33 bits per heavy atom. The highest BCUT2D eigenvalue weighted by Crippen LogP contribution is 2.34. The van der Waals surface area contributed by atoms with Crippen LogP contribution in [-0.2, 0) is 12.8 Å². The van der Waals surface area contributed by atoms with Crippen LogP contribution in [0.15, 0.2) is 42.6 Å². The largest absolute Gasteiger partial charge is 0.493 e. The number of hydrogen-bond donors (Lipinski definition) is 2. The number of aromatic nitrogens is 1. The standard InChI is InChI=1S/C18H21N3O3/c1-23-16-7-4-5-13-11-15(12-24-17(13)16)21-18(22)20-10-8-14-6-2-3-9-19-14/h2-7,9,15H,8,10-12H2,1H3,(H2,20,21,22). The van der Waals surface area contributed by atoms with Gasteiger partial charge in [-0.2, -0.15) is 0 Å². The molecule has 0 aliphatic carbocycles. The second-order valence-electron chi connectivity index (χ2n) is 5.63. The molecule has 1 aromatic carbocycles. The van der Waals surface area contributed by atoms with Crippen LogP contribution in [0.4, 0.5) is 4.79 Å². The molecule has 1 unspecified atom stereocenters. The number of hydrogen-bond acceptors (Lipinski definition) is 4. The monoisotopic (exact) mass is 327 g/mol. The van der Waals surface area contributed by atoms with Gasteiger partial charge >= 0.3 is 6.03 Å². The number of nitrogens with zero attached hydrogens (tertiary/aromatic N) is 1. The molecule has 0 saturated carbocycles. The third kappa shape index (κ3) is 3.95. The number of rotatable bonds is 5. The van der Waals surface area contributed by atoms with Crippen molar-refractivity contribution in [2.24, 2.45) is 0 Å². The molecular weight excluding hydrogens is 306 g/mol. The van der Waals surface area contributed by atoms with Gasteiger partial charge in [0.15, 0.2) is 11.5 Å². The molecule has 2 amide bonds. The number of nitrogens with one attached hydrogen (secondary N) is 2. The van der Waals surface area contributed by atoms with Crippen LogP contribution in [0.1, 0.15) is 11.3 Å². The molecule has 6 nitrogen and oxygen atoms in total. The van der Waals surface area contributed by atoms with E-state index in [9.17, 15) is 4.79 Å². The minimum absolute atomic E-state index is 0.0561. The molecule has 2 aromatic rings. The SMILES string of the molecule is COc1cccc2c1OCC(NC(=O)NCCc1ccccn1)C2. The third-order valence-corrected chi connectivity index (χ3v) is 3.90. The molecule has 0 bridgehead atoms. The topological polar surface area (TPSA) is 72.5 Å². The number of fused-ring (bicyclic) bond motifs is 1. The summed E-state index contributed by atoms with van der Waals surface area (Å²) < 4.78 is 11.0. The van der Waals surface area contributed by atoms with Gasteiger partial charge in [0.05, 0.1) is 13.2 Å². The number of urea groups is 1. The highest BCUT2D eigenvalue weighted by Gasteiger charge is 2.23. The Morgan fingerprint density at radius 3 is 3.04 bits per heavy atom. The number of amides is 2. The van der Waals surface area contributed by atoms with Crippen molar-refractivity contribution in [1.29, 1.82) is 0 Å². The first-order valence-electron chi connectivity index (χ1n) is 7.99. The maximum atomic E-state index is 12.0. The predicted octanol–water partition coefficient (Wildman–Crippen LogP) is 1.94. The molecule has 2 N–H and O–H groups in total. The van der Waals surface area contributed by atoms with Crippen molar-refractivity contribution in [1.82, 2.24) is 15.6 Å². The van der Waals surface area contributed by atoms with E-state index in [1.165, 1.54) is 0 Å². The van der Waals surface area contributed by atoms with E-state index in [0.717, 1.165) is 29.2 Å². The van der Waals surface area contributed by atoms with Crippen molar-refractivity contribution < 1.29 is 14.3 Å². The molecule has 2 heterocycles. The van der Waals surface area contributed by atoms with E-state index in [0.29, 0.717) is 19.6 Å². The highest BCUT2D eigenvalue weighted by molar-refractivity contribution is 5.74. The minimum Gasteiger partial charge on any atom is -0.493 e. The zero-order chi connectivity index (χ0) is 16.8. The van der Waals surface area contributed by atoms with Crippen LogP contribution in [-0.4, -0.2) is 37.3 Å². The van der Waals surface area contributed by atoms with Crippen LogP contribution in [0.2, 0.25) is 0 Å². The normalized spacial score (nSPS) is 15.8. The minimum atomic E-state index is -0.189. The molecule has 1 aromatic heterocycles.